The Bertz CT molecular complexity index is 657. The maximum Gasteiger partial charge on any atom is 0.243 e. The first-order chi connectivity index (χ1) is 10.8. The van der Waals surface area contributed by atoms with Crippen LogP contribution in [0.25, 0.3) is 0 Å². The molecule has 1 fully saturated rings. The van der Waals surface area contributed by atoms with E-state index in [0.717, 1.165) is 36.2 Å². The van der Waals surface area contributed by atoms with Crippen molar-refractivity contribution in [2.24, 2.45) is 0 Å². The molecule has 0 spiro atoms. The third-order valence-corrected chi connectivity index (χ3v) is 5.58. The molecule has 2 rings (SSSR count). The van der Waals surface area contributed by atoms with Gasteiger partial charge >= 0.3 is 0 Å². The molecule has 1 saturated carbocycles. The summed E-state index contributed by atoms with van der Waals surface area (Å²) >= 11 is 5.96. The third-order valence-electron chi connectivity index (χ3n) is 4.10. The zero-order valence-electron chi connectivity index (χ0n) is 13.5. The fourth-order valence-corrected chi connectivity index (χ4v) is 4.34. The fourth-order valence-electron chi connectivity index (χ4n) is 2.99. The molecular weight excluding hydrogens is 336 g/mol. The van der Waals surface area contributed by atoms with E-state index in [0.29, 0.717) is 10.7 Å². The zero-order chi connectivity index (χ0) is 17.0. The van der Waals surface area contributed by atoms with Crippen molar-refractivity contribution in [1.82, 2.24) is 5.32 Å². The highest BCUT2D eigenvalue weighted by molar-refractivity contribution is 7.92. The first-order valence-electron chi connectivity index (χ1n) is 7.84. The molecule has 1 amide bonds. The minimum Gasteiger partial charge on any atom is -0.352 e. The van der Waals surface area contributed by atoms with Crippen molar-refractivity contribution in [3.63, 3.8) is 0 Å². The quantitative estimate of drug-likeness (QED) is 0.880. The molecule has 1 atom stereocenters. The molecule has 0 aliphatic heterocycles. The Morgan fingerprint density at radius 2 is 1.96 bits per heavy atom. The Hall–Kier alpha value is -1.27. The molecule has 5 nitrogen and oxygen atoms in total. The largest absolute Gasteiger partial charge is 0.352 e. The van der Waals surface area contributed by atoms with E-state index < -0.39 is 16.1 Å². The van der Waals surface area contributed by atoms with Crippen molar-refractivity contribution in [3.8, 4) is 0 Å². The van der Waals surface area contributed by atoms with Crippen LogP contribution in [0.2, 0.25) is 5.02 Å². The molecule has 1 aliphatic carbocycles. The standard InChI is InChI=1S/C16H23ClN2O3S/c1-12(16(20)18-14-8-4-3-5-9-14)19(23(2,21)22)15-10-6-7-13(17)11-15/h6-7,10-12,14H,3-5,8-9H2,1-2H3,(H,18,20)/t12-/m1/s1. The molecule has 1 aromatic rings. The Kier molecular flexibility index (Phi) is 5.92. The van der Waals surface area contributed by atoms with Gasteiger partial charge in [-0.25, -0.2) is 8.42 Å². The van der Waals surface area contributed by atoms with Crippen molar-refractivity contribution < 1.29 is 13.2 Å². The summed E-state index contributed by atoms with van der Waals surface area (Å²) in [5.41, 5.74) is 0.395. The number of benzene rings is 1. The fraction of sp³-hybridized carbons (Fsp3) is 0.562. The lowest BCUT2D eigenvalue weighted by atomic mass is 9.95. The first-order valence-corrected chi connectivity index (χ1v) is 10.1. The predicted octanol–water partition coefficient (Wildman–Crippen LogP) is 2.94. The second-order valence-electron chi connectivity index (χ2n) is 6.06. The summed E-state index contributed by atoms with van der Waals surface area (Å²) in [6.45, 7) is 1.60. The number of rotatable bonds is 5. The molecule has 1 aromatic carbocycles. The molecule has 0 radical (unpaired) electrons. The van der Waals surface area contributed by atoms with Gasteiger partial charge in [0.05, 0.1) is 11.9 Å². The van der Waals surface area contributed by atoms with Crippen LogP contribution in [0.1, 0.15) is 39.0 Å². The number of sulfonamides is 1. The molecule has 0 saturated heterocycles. The number of anilines is 1. The summed E-state index contributed by atoms with van der Waals surface area (Å²) in [6.07, 6.45) is 6.40. The summed E-state index contributed by atoms with van der Waals surface area (Å²) in [6, 6.07) is 5.83. The lowest BCUT2D eigenvalue weighted by Gasteiger charge is -2.30. The van der Waals surface area contributed by atoms with Gasteiger partial charge in [0.1, 0.15) is 6.04 Å². The minimum absolute atomic E-state index is 0.138. The van der Waals surface area contributed by atoms with E-state index in [-0.39, 0.29) is 11.9 Å². The van der Waals surface area contributed by atoms with E-state index in [4.69, 9.17) is 11.6 Å². The molecule has 0 aromatic heterocycles. The van der Waals surface area contributed by atoms with Gasteiger partial charge in [0, 0.05) is 11.1 Å². The van der Waals surface area contributed by atoms with Gasteiger partial charge in [-0.15, -0.1) is 0 Å². The predicted molar refractivity (Wildman–Crippen MR) is 93.3 cm³/mol. The Balaban J connectivity index is 2.19. The molecular formula is C16H23ClN2O3S. The number of amides is 1. The second kappa shape index (κ2) is 7.53. The van der Waals surface area contributed by atoms with Crippen molar-refractivity contribution in [2.45, 2.75) is 51.1 Å². The van der Waals surface area contributed by atoms with Gasteiger partial charge in [0.15, 0.2) is 0 Å². The van der Waals surface area contributed by atoms with Crippen LogP contribution >= 0.6 is 11.6 Å². The Morgan fingerprint density at radius 1 is 1.30 bits per heavy atom. The maximum atomic E-state index is 12.5. The first kappa shape index (κ1) is 18.1. The molecule has 23 heavy (non-hydrogen) atoms. The summed E-state index contributed by atoms with van der Waals surface area (Å²) in [7, 11) is -3.61. The number of nitrogens with one attached hydrogen (secondary N) is 1. The number of nitrogens with zero attached hydrogens (tertiary/aromatic N) is 1. The molecule has 0 bridgehead atoms. The number of hydrogen-bond acceptors (Lipinski definition) is 3. The lowest BCUT2D eigenvalue weighted by Crippen LogP contribution is -2.50. The smallest absolute Gasteiger partial charge is 0.243 e. The number of carbonyl (C=O) groups excluding carboxylic acids is 1. The van der Waals surface area contributed by atoms with Gasteiger partial charge in [-0.1, -0.05) is 36.9 Å². The van der Waals surface area contributed by atoms with Crippen LogP contribution in [0.5, 0.6) is 0 Å². The molecule has 0 unspecified atom stereocenters. The topological polar surface area (TPSA) is 66.5 Å². The van der Waals surface area contributed by atoms with Crippen LogP contribution in [0.4, 0.5) is 5.69 Å². The Morgan fingerprint density at radius 3 is 2.52 bits per heavy atom. The van der Waals surface area contributed by atoms with E-state index in [9.17, 15) is 13.2 Å². The van der Waals surface area contributed by atoms with Gasteiger partial charge < -0.3 is 5.32 Å². The monoisotopic (exact) mass is 358 g/mol. The van der Waals surface area contributed by atoms with Crippen LogP contribution in [0, 0.1) is 0 Å². The van der Waals surface area contributed by atoms with Crippen molar-refractivity contribution in [1.29, 1.82) is 0 Å². The normalized spacial score (nSPS) is 17.5. The molecule has 7 heteroatoms. The average Bonchev–Trinajstić information content (AvgIpc) is 2.47. The minimum atomic E-state index is -3.61. The van der Waals surface area contributed by atoms with Crippen LogP contribution in [-0.2, 0) is 14.8 Å². The van der Waals surface area contributed by atoms with Crippen molar-refractivity contribution in [3.05, 3.63) is 29.3 Å². The van der Waals surface area contributed by atoms with Crippen molar-refractivity contribution in [2.75, 3.05) is 10.6 Å². The van der Waals surface area contributed by atoms with Crippen LogP contribution in [-0.4, -0.2) is 32.7 Å². The Labute approximate surface area is 143 Å². The molecule has 1 aliphatic rings. The van der Waals surface area contributed by atoms with E-state index in [1.807, 2.05) is 0 Å². The highest BCUT2D eigenvalue weighted by Gasteiger charge is 2.30. The molecule has 0 heterocycles. The number of halogens is 1. The summed E-state index contributed by atoms with van der Waals surface area (Å²) in [5.74, 6) is -0.276. The van der Waals surface area contributed by atoms with E-state index >= 15 is 0 Å². The third kappa shape index (κ3) is 4.85. The number of hydrogen-bond donors (Lipinski definition) is 1. The van der Waals surface area contributed by atoms with Crippen LogP contribution in [0.3, 0.4) is 0 Å². The maximum absolute atomic E-state index is 12.5. The van der Waals surface area contributed by atoms with E-state index in [1.54, 1.807) is 31.2 Å². The summed E-state index contributed by atoms with van der Waals surface area (Å²) in [5, 5.41) is 3.40. The zero-order valence-corrected chi connectivity index (χ0v) is 15.0. The second-order valence-corrected chi connectivity index (χ2v) is 8.35. The highest BCUT2D eigenvalue weighted by Crippen LogP contribution is 2.24. The van der Waals surface area contributed by atoms with Crippen LogP contribution in [0.15, 0.2) is 24.3 Å². The summed E-state index contributed by atoms with van der Waals surface area (Å²) in [4.78, 5) is 12.5. The summed E-state index contributed by atoms with van der Waals surface area (Å²) < 4.78 is 25.5. The van der Waals surface area contributed by atoms with E-state index in [2.05, 4.69) is 5.32 Å². The van der Waals surface area contributed by atoms with E-state index in [1.165, 1.54) is 6.42 Å². The van der Waals surface area contributed by atoms with Gasteiger partial charge in [-0.2, -0.15) is 0 Å². The molecule has 128 valence electrons. The molecule has 1 N–H and O–H groups in total. The van der Waals surface area contributed by atoms with Gasteiger partial charge in [-0.05, 0) is 38.0 Å². The van der Waals surface area contributed by atoms with Crippen LogP contribution < -0.4 is 9.62 Å². The SMILES string of the molecule is C[C@H](C(=O)NC1CCCCC1)N(c1cccc(Cl)c1)S(C)(=O)=O. The lowest BCUT2D eigenvalue weighted by molar-refractivity contribution is -0.122. The van der Waals surface area contributed by atoms with Gasteiger partial charge in [0.25, 0.3) is 0 Å². The van der Waals surface area contributed by atoms with Gasteiger partial charge in [0.2, 0.25) is 15.9 Å². The number of carbonyl (C=O) groups is 1. The average molecular weight is 359 g/mol. The van der Waals surface area contributed by atoms with Crippen molar-refractivity contribution >= 4 is 33.2 Å². The van der Waals surface area contributed by atoms with Gasteiger partial charge in [-0.3, -0.25) is 9.10 Å². The highest BCUT2D eigenvalue weighted by atomic mass is 35.5.